The molecule has 2 aromatic heterocycles. The van der Waals surface area contributed by atoms with E-state index in [1.54, 1.807) is 43.5 Å². The second-order valence-electron chi connectivity index (χ2n) is 8.27. The van der Waals surface area contributed by atoms with Crippen molar-refractivity contribution >= 4 is 28.4 Å². The van der Waals surface area contributed by atoms with E-state index in [-0.39, 0.29) is 11.5 Å². The number of rotatable bonds is 9. The number of anilines is 1. The van der Waals surface area contributed by atoms with E-state index < -0.39 is 17.8 Å². The first-order valence-corrected chi connectivity index (χ1v) is 11.5. The van der Waals surface area contributed by atoms with E-state index >= 15 is 0 Å². The third-order valence-electron chi connectivity index (χ3n) is 5.58. The van der Waals surface area contributed by atoms with Gasteiger partial charge in [-0.15, -0.1) is 0 Å². The fourth-order valence-corrected chi connectivity index (χ4v) is 3.74. The molecule has 0 aliphatic carbocycles. The first kappa shape index (κ1) is 25.9. The van der Waals surface area contributed by atoms with E-state index in [9.17, 15) is 22.8 Å². The Labute approximate surface area is 210 Å². The number of fused-ring (bicyclic) bond motifs is 1. The second-order valence-corrected chi connectivity index (χ2v) is 8.27. The van der Waals surface area contributed by atoms with Crippen LogP contribution in [-0.4, -0.2) is 35.1 Å². The Morgan fingerprint density at radius 2 is 1.81 bits per heavy atom. The van der Waals surface area contributed by atoms with Crippen LogP contribution in [0.25, 0.3) is 10.9 Å². The molecule has 10 heteroatoms. The highest BCUT2D eigenvalue weighted by atomic mass is 19.4. The van der Waals surface area contributed by atoms with Crippen molar-refractivity contribution in [3.63, 3.8) is 0 Å². The molecular formula is C27H24F3N3O4. The molecule has 0 saturated carbocycles. The first-order chi connectivity index (χ1) is 17.7. The Kier molecular flexibility index (Phi) is 7.88. The average molecular weight is 512 g/mol. The number of amides is 1. The van der Waals surface area contributed by atoms with Gasteiger partial charge in [0.2, 0.25) is 0 Å². The Morgan fingerprint density at radius 3 is 2.59 bits per heavy atom. The zero-order valence-electron chi connectivity index (χ0n) is 19.9. The summed E-state index contributed by atoms with van der Waals surface area (Å²) in [6, 6.07) is 13.8. The van der Waals surface area contributed by atoms with Crippen LogP contribution in [0.5, 0.6) is 11.5 Å². The number of alkyl halides is 3. The van der Waals surface area contributed by atoms with Crippen LogP contribution < -0.4 is 10.1 Å². The molecule has 1 amide bonds. The zero-order valence-corrected chi connectivity index (χ0v) is 19.9. The molecule has 1 N–H and O–H groups in total. The highest BCUT2D eigenvalue weighted by Crippen LogP contribution is 2.31. The number of unbranched alkanes of at least 4 members (excludes halogenated alkanes) is 1. The van der Waals surface area contributed by atoms with Gasteiger partial charge in [-0.3, -0.25) is 14.3 Å². The lowest BCUT2D eigenvalue weighted by Gasteiger charge is -2.11. The van der Waals surface area contributed by atoms with Crippen molar-refractivity contribution in [2.45, 2.75) is 25.4 Å². The Balaban J connectivity index is 1.45. The molecule has 0 saturated heterocycles. The molecule has 0 bridgehead atoms. The number of hydrogen-bond donors (Lipinski definition) is 1. The van der Waals surface area contributed by atoms with Crippen molar-refractivity contribution in [2.24, 2.45) is 0 Å². The van der Waals surface area contributed by atoms with Gasteiger partial charge in [-0.25, -0.2) is 4.79 Å². The highest BCUT2D eigenvalue weighted by molar-refractivity contribution is 5.99. The van der Waals surface area contributed by atoms with Gasteiger partial charge >= 0.3 is 12.2 Å². The van der Waals surface area contributed by atoms with Crippen LogP contribution in [0.3, 0.4) is 0 Å². The molecule has 0 fully saturated rings. The molecule has 2 heterocycles. The van der Waals surface area contributed by atoms with E-state index in [2.05, 4.69) is 10.3 Å². The van der Waals surface area contributed by atoms with Gasteiger partial charge < -0.3 is 14.8 Å². The topological polar surface area (TPSA) is 82.5 Å². The van der Waals surface area contributed by atoms with Crippen molar-refractivity contribution in [1.29, 1.82) is 0 Å². The summed E-state index contributed by atoms with van der Waals surface area (Å²) < 4.78 is 51.1. The van der Waals surface area contributed by atoms with Gasteiger partial charge in [-0.1, -0.05) is 6.07 Å². The number of nitrogens with one attached hydrogen (secondary N) is 1. The predicted molar refractivity (Wildman–Crippen MR) is 132 cm³/mol. The highest BCUT2D eigenvalue weighted by Gasteiger charge is 2.30. The molecule has 4 rings (SSSR count). The summed E-state index contributed by atoms with van der Waals surface area (Å²) in [5, 5.41) is 3.17. The van der Waals surface area contributed by atoms with Crippen LogP contribution >= 0.6 is 0 Å². The zero-order chi connectivity index (χ0) is 26.4. The Morgan fingerprint density at radius 1 is 1.00 bits per heavy atom. The summed E-state index contributed by atoms with van der Waals surface area (Å²) in [5.41, 5.74) is 0.0340. The van der Waals surface area contributed by atoms with Gasteiger partial charge in [0.25, 0.3) is 0 Å². The fourth-order valence-electron chi connectivity index (χ4n) is 3.74. The average Bonchev–Trinajstić information content (AvgIpc) is 3.30. The quantitative estimate of drug-likeness (QED) is 0.195. The van der Waals surface area contributed by atoms with Crippen LogP contribution in [0.2, 0.25) is 0 Å². The molecule has 37 heavy (non-hydrogen) atoms. The van der Waals surface area contributed by atoms with E-state index in [1.807, 2.05) is 0 Å². The minimum atomic E-state index is -4.51. The van der Waals surface area contributed by atoms with E-state index in [0.717, 1.165) is 18.6 Å². The number of carbonyl (C=O) groups excluding carboxylic acids is 2. The molecular weight excluding hydrogens is 487 g/mol. The number of nitrogens with zero attached hydrogens (tertiary/aromatic N) is 2. The van der Waals surface area contributed by atoms with Gasteiger partial charge in [-0.05, 0) is 61.4 Å². The first-order valence-electron chi connectivity index (χ1n) is 11.5. The molecule has 0 atom stereocenters. The molecule has 4 aromatic rings. The lowest BCUT2D eigenvalue weighted by molar-refractivity contribution is -0.137. The number of methoxy groups -OCH3 is 1. The molecule has 192 valence electrons. The van der Waals surface area contributed by atoms with Gasteiger partial charge in [0.1, 0.15) is 17.2 Å². The molecule has 0 spiro atoms. The SMILES string of the molecule is COCCCCC(=O)c1cc(Oc2ccc3c(ccn3C(=O)Nc3cccc(C(F)(F)F)c3)c2)ccn1. The summed E-state index contributed by atoms with van der Waals surface area (Å²) in [5.74, 6) is 0.838. The normalized spacial score (nSPS) is 11.5. The van der Waals surface area contributed by atoms with Crippen LogP contribution in [0.15, 0.2) is 73.1 Å². The van der Waals surface area contributed by atoms with Crippen LogP contribution in [0.1, 0.15) is 35.3 Å². The number of pyridine rings is 1. The third kappa shape index (κ3) is 6.53. The second kappa shape index (κ2) is 11.3. The monoisotopic (exact) mass is 511 g/mol. The lowest BCUT2D eigenvalue weighted by atomic mass is 10.1. The predicted octanol–water partition coefficient (Wildman–Crippen LogP) is 6.93. The smallest absolute Gasteiger partial charge is 0.416 e. The van der Waals surface area contributed by atoms with Crippen molar-refractivity contribution in [1.82, 2.24) is 9.55 Å². The fraction of sp³-hybridized carbons (Fsp3) is 0.222. The van der Waals surface area contributed by atoms with Gasteiger partial charge in [-0.2, -0.15) is 13.2 Å². The number of hydrogen-bond acceptors (Lipinski definition) is 5. The standard InChI is InChI=1S/C27H24F3N3O4/c1-36-14-3-2-7-25(34)23-17-22(10-12-31-23)37-21-8-9-24-18(15-21)11-13-33(24)26(35)32-20-6-4-5-19(16-20)27(28,29)30/h4-6,8-13,15-17H,2-3,7,14H2,1H3,(H,32,35). The van der Waals surface area contributed by atoms with Crippen molar-refractivity contribution in [2.75, 3.05) is 19.0 Å². The largest absolute Gasteiger partial charge is 0.457 e. The molecule has 0 radical (unpaired) electrons. The summed E-state index contributed by atoms with van der Waals surface area (Å²) >= 11 is 0. The molecule has 0 unspecified atom stereocenters. The van der Waals surface area contributed by atoms with E-state index in [0.29, 0.717) is 47.5 Å². The van der Waals surface area contributed by atoms with Crippen LogP contribution in [-0.2, 0) is 10.9 Å². The molecule has 0 aliphatic heterocycles. The Bertz CT molecular complexity index is 1420. The molecule has 0 aliphatic rings. The number of benzene rings is 2. The number of carbonyl (C=O) groups is 2. The van der Waals surface area contributed by atoms with E-state index in [4.69, 9.17) is 9.47 Å². The maximum atomic E-state index is 13.0. The minimum Gasteiger partial charge on any atom is -0.457 e. The summed E-state index contributed by atoms with van der Waals surface area (Å²) in [6.45, 7) is 0.598. The minimum absolute atomic E-state index is 0.0309. The van der Waals surface area contributed by atoms with Crippen molar-refractivity contribution in [3.8, 4) is 11.5 Å². The molecule has 7 nitrogen and oxygen atoms in total. The van der Waals surface area contributed by atoms with Crippen molar-refractivity contribution < 1.29 is 32.2 Å². The number of Topliss-reactive ketones (excluding diaryl/α,β-unsaturated/α-hetero) is 1. The summed E-state index contributed by atoms with van der Waals surface area (Å²) in [4.78, 5) is 29.3. The van der Waals surface area contributed by atoms with Crippen LogP contribution in [0.4, 0.5) is 23.7 Å². The van der Waals surface area contributed by atoms with Gasteiger partial charge in [0, 0.05) is 49.7 Å². The third-order valence-corrected chi connectivity index (χ3v) is 5.58. The summed E-state index contributed by atoms with van der Waals surface area (Å²) in [6.07, 6.45) is 0.367. The lowest BCUT2D eigenvalue weighted by Crippen LogP contribution is -2.18. The van der Waals surface area contributed by atoms with Crippen molar-refractivity contribution in [3.05, 3.63) is 84.3 Å². The van der Waals surface area contributed by atoms with Crippen LogP contribution in [0, 0.1) is 0 Å². The maximum absolute atomic E-state index is 13.0. The number of aromatic nitrogens is 2. The number of ether oxygens (including phenoxy) is 2. The van der Waals surface area contributed by atoms with E-state index in [1.165, 1.54) is 29.1 Å². The van der Waals surface area contributed by atoms with Gasteiger partial charge in [0.15, 0.2) is 5.78 Å². The number of ketones is 1. The Hall–Kier alpha value is -4.18. The molecule has 2 aromatic carbocycles. The maximum Gasteiger partial charge on any atom is 0.416 e. The number of halogens is 3. The summed E-state index contributed by atoms with van der Waals surface area (Å²) in [7, 11) is 1.62. The van der Waals surface area contributed by atoms with Gasteiger partial charge in [0.05, 0.1) is 11.1 Å².